The van der Waals surface area contributed by atoms with Gasteiger partial charge in [0.05, 0.1) is 10.9 Å². The molecule has 0 N–H and O–H groups in total. The normalized spacial score (nSPS) is 11.3. The number of rotatable bonds is 3. The van der Waals surface area contributed by atoms with Gasteiger partial charge in [-0.3, -0.25) is 4.79 Å². The third kappa shape index (κ3) is 3.52. The van der Waals surface area contributed by atoms with E-state index >= 15 is 0 Å². The largest absolute Gasteiger partial charge is 0.573 e. The van der Waals surface area contributed by atoms with Gasteiger partial charge in [0, 0.05) is 0 Å². The Bertz CT molecular complexity index is 402. The topological polar surface area (TPSA) is 26.3 Å². The SMILES string of the molecule is Cc1ccc(OC(F)(F)F)c(C(=O)CBr)c1. The average molecular weight is 297 g/mol. The molecule has 1 aromatic rings. The Kier molecular flexibility index (Phi) is 3.96. The molecule has 0 atom stereocenters. The zero-order valence-electron chi connectivity index (χ0n) is 8.27. The standard InChI is InChI=1S/C10H8BrF3O2/c1-6-2-3-9(16-10(12,13)14)7(4-6)8(15)5-11/h2-4H,5H2,1H3. The van der Waals surface area contributed by atoms with Gasteiger partial charge < -0.3 is 4.74 Å². The van der Waals surface area contributed by atoms with Crippen molar-refractivity contribution in [2.24, 2.45) is 0 Å². The van der Waals surface area contributed by atoms with Crippen LogP contribution in [0.4, 0.5) is 13.2 Å². The molecule has 88 valence electrons. The van der Waals surface area contributed by atoms with E-state index in [1.54, 1.807) is 6.92 Å². The van der Waals surface area contributed by atoms with Crippen LogP contribution in [-0.4, -0.2) is 17.5 Å². The van der Waals surface area contributed by atoms with Crippen molar-refractivity contribution in [1.82, 2.24) is 0 Å². The molecule has 0 aliphatic heterocycles. The highest BCUT2D eigenvalue weighted by Gasteiger charge is 2.32. The van der Waals surface area contributed by atoms with Crippen LogP contribution in [0, 0.1) is 6.92 Å². The summed E-state index contributed by atoms with van der Waals surface area (Å²) in [4.78, 5) is 11.4. The van der Waals surface area contributed by atoms with Crippen LogP contribution in [-0.2, 0) is 0 Å². The molecule has 0 radical (unpaired) electrons. The van der Waals surface area contributed by atoms with Gasteiger partial charge in [0.1, 0.15) is 5.75 Å². The fourth-order valence-corrected chi connectivity index (χ4v) is 1.45. The van der Waals surface area contributed by atoms with Crippen LogP contribution in [0.5, 0.6) is 5.75 Å². The van der Waals surface area contributed by atoms with E-state index in [1.807, 2.05) is 0 Å². The molecule has 6 heteroatoms. The Balaban J connectivity index is 3.13. The number of Topliss-reactive ketones (excluding diaryl/α,β-unsaturated/α-hetero) is 1. The molecule has 0 aliphatic rings. The number of hydrogen-bond acceptors (Lipinski definition) is 2. The van der Waals surface area contributed by atoms with E-state index in [0.29, 0.717) is 5.56 Å². The summed E-state index contributed by atoms with van der Waals surface area (Å²) in [7, 11) is 0. The zero-order chi connectivity index (χ0) is 12.3. The van der Waals surface area contributed by atoms with Crippen LogP contribution in [0.15, 0.2) is 18.2 Å². The number of carbonyl (C=O) groups is 1. The van der Waals surface area contributed by atoms with E-state index in [-0.39, 0.29) is 10.9 Å². The Morgan fingerprint density at radius 1 is 1.44 bits per heavy atom. The number of ether oxygens (including phenoxy) is 1. The Morgan fingerprint density at radius 3 is 2.56 bits per heavy atom. The molecule has 0 heterocycles. The minimum atomic E-state index is -4.80. The maximum absolute atomic E-state index is 12.0. The van der Waals surface area contributed by atoms with Crippen molar-refractivity contribution in [3.8, 4) is 5.75 Å². The van der Waals surface area contributed by atoms with E-state index in [9.17, 15) is 18.0 Å². The zero-order valence-corrected chi connectivity index (χ0v) is 9.85. The van der Waals surface area contributed by atoms with Crippen LogP contribution in [0.2, 0.25) is 0 Å². The van der Waals surface area contributed by atoms with Crippen LogP contribution in [0.3, 0.4) is 0 Å². The quantitative estimate of drug-likeness (QED) is 0.631. The lowest BCUT2D eigenvalue weighted by Gasteiger charge is -2.12. The Morgan fingerprint density at radius 2 is 2.06 bits per heavy atom. The lowest BCUT2D eigenvalue weighted by Crippen LogP contribution is -2.19. The predicted octanol–water partition coefficient (Wildman–Crippen LogP) is 3.47. The number of hydrogen-bond donors (Lipinski definition) is 0. The second-order valence-electron chi connectivity index (χ2n) is 3.10. The van der Waals surface area contributed by atoms with Crippen LogP contribution >= 0.6 is 15.9 Å². The number of ketones is 1. The van der Waals surface area contributed by atoms with Gasteiger partial charge in [0.25, 0.3) is 0 Å². The molecule has 0 amide bonds. The number of carbonyl (C=O) groups excluding carboxylic acids is 1. The molecule has 0 aliphatic carbocycles. The van der Waals surface area contributed by atoms with Crippen LogP contribution in [0.25, 0.3) is 0 Å². The first-order chi connectivity index (χ1) is 7.33. The van der Waals surface area contributed by atoms with Gasteiger partial charge in [-0.1, -0.05) is 27.6 Å². The van der Waals surface area contributed by atoms with Gasteiger partial charge in [-0.2, -0.15) is 0 Å². The summed E-state index contributed by atoms with van der Waals surface area (Å²) in [6, 6.07) is 3.95. The molecule has 2 nitrogen and oxygen atoms in total. The molecule has 0 unspecified atom stereocenters. The number of benzene rings is 1. The van der Waals surface area contributed by atoms with E-state index in [0.717, 1.165) is 6.07 Å². The summed E-state index contributed by atoms with van der Waals surface area (Å²) in [6.45, 7) is 1.68. The molecule has 1 rings (SSSR count). The van der Waals surface area contributed by atoms with E-state index < -0.39 is 17.9 Å². The van der Waals surface area contributed by atoms with E-state index in [2.05, 4.69) is 20.7 Å². The van der Waals surface area contributed by atoms with Crippen molar-refractivity contribution < 1.29 is 22.7 Å². The van der Waals surface area contributed by atoms with Gasteiger partial charge in [-0.15, -0.1) is 13.2 Å². The molecular weight excluding hydrogens is 289 g/mol. The molecule has 0 saturated carbocycles. The second kappa shape index (κ2) is 4.86. The number of aryl methyl sites for hydroxylation is 1. The number of halogens is 4. The summed E-state index contributed by atoms with van der Waals surface area (Å²) in [6.07, 6.45) is -4.80. The van der Waals surface area contributed by atoms with Crippen LogP contribution in [0.1, 0.15) is 15.9 Å². The van der Waals surface area contributed by atoms with Gasteiger partial charge in [-0.05, 0) is 19.1 Å². The summed E-state index contributed by atoms with van der Waals surface area (Å²) < 4.78 is 39.9. The highest BCUT2D eigenvalue weighted by atomic mass is 79.9. The Hall–Kier alpha value is -1.04. The molecule has 0 bridgehead atoms. The monoisotopic (exact) mass is 296 g/mol. The molecule has 0 fully saturated rings. The van der Waals surface area contributed by atoms with Crippen LogP contribution < -0.4 is 4.74 Å². The van der Waals surface area contributed by atoms with Crippen molar-refractivity contribution in [2.75, 3.05) is 5.33 Å². The highest BCUT2D eigenvalue weighted by Crippen LogP contribution is 2.27. The second-order valence-corrected chi connectivity index (χ2v) is 3.66. The van der Waals surface area contributed by atoms with Crippen molar-refractivity contribution in [3.63, 3.8) is 0 Å². The maximum Gasteiger partial charge on any atom is 0.573 e. The maximum atomic E-state index is 12.0. The molecule has 16 heavy (non-hydrogen) atoms. The lowest BCUT2D eigenvalue weighted by atomic mass is 10.1. The Labute approximate surface area is 98.5 Å². The molecule has 0 aromatic heterocycles. The third-order valence-corrected chi connectivity index (χ3v) is 2.29. The minimum Gasteiger partial charge on any atom is -0.405 e. The van der Waals surface area contributed by atoms with Crippen molar-refractivity contribution >= 4 is 21.7 Å². The first-order valence-electron chi connectivity index (χ1n) is 4.29. The fourth-order valence-electron chi connectivity index (χ4n) is 1.15. The third-order valence-electron chi connectivity index (χ3n) is 1.78. The molecule has 1 aromatic carbocycles. The molecule has 0 saturated heterocycles. The van der Waals surface area contributed by atoms with Gasteiger partial charge in [0.2, 0.25) is 0 Å². The minimum absolute atomic E-state index is 0.0509. The van der Waals surface area contributed by atoms with Crippen molar-refractivity contribution in [2.45, 2.75) is 13.3 Å². The summed E-state index contributed by atoms with van der Waals surface area (Å²) >= 11 is 2.90. The van der Waals surface area contributed by atoms with Crippen molar-refractivity contribution in [3.05, 3.63) is 29.3 Å². The first kappa shape index (κ1) is 13.0. The average Bonchev–Trinajstić information content (AvgIpc) is 2.17. The summed E-state index contributed by atoms with van der Waals surface area (Å²) in [5.74, 6) is -0.925. The molecule has 0 spiro atoms. The summed E-state index contributed by atoms with van der Waals surface area (Å²) in [5, 5.41) is -0.0509. The smallest absolute Gasteiger partial charge is 0.405 e. The predicted molar refractivity (Wildman–Crippen MR) is 56.0 cm³/mol. The van der Waals surface area contributed by atoms with E-state index in [1.165, 1.54) is 12.1 Å². The van der Waals surface area contributed by atoms with Gasteiger partial charge in [-0.25, -0.2) is 0 Å². The molecular formula is C10H8BrF3O2. The first-order valence-corrected chi connectivity index (χ1v) is 5.41. The fraction of sp³-hybridized carbons (Fsp3) is 0.300. The number of alkyl halides is 4. The van der Waals surface area contributed by atoms with E-state index in [4.69, 9.17) is 0 Å². The van der Waals surface area contributed by atoms with Gasteiger partial charge >= 0.3 is 6.36 Å². The summed E-state index contributed by atoms with van der Waals surface area (Å²) in [5.41, 5.74) is 0.619. The lowest BCUT2D eigenvalue weighted by molar-refractivity contribution is -0.274. The highest BCUT2D eigenvalue weighted by molar-refractivity contribution is 9.09. The van der Waals surface area contributed by atoms with Gasteiger partial charge in [0.15, 0.2) is 5.78 Å². The van der Waals surface area contributed by atoms with Crippen molar-refractivity contribution in [1.29, 1.82) is 0 Å².